The standard InChI is InChI=1S/C19H26N4O4S/c1-14-19(15(2)22-21-14)28(25,26)23-11-8-16(9-12-23)20-18(24)10-13-27-17-6-4-3-5-7-17/h3-7,16H,8-13H2,1-2H3,(H,20,24)(H,21,22). The first-order valence-corrected chi connectivity index (χ1v) is 10.8. The molecule has 0 bridgehead atoms. The number of benzene rings is 1. The number of hydrogen-bond donors (Lipinski definition) is 2. The molecule has 0 unspecified atom stereocenters. The van der Waals surface area contributed by atoms with E-state index in [4.69, 9.17) is 4.74 Å². The average molecular weight is 407 g/mol. The lowest BCUT2D eigenvalue weighted by Crippen LogP contribution is -2.46. The van der Waals surface area contributed by atoms with Crippen molar-refractivity contribution >= 4 is 15.9 Å². The van der Waals surface area contributed by atoms with E-state index in [1.54, 1.807) is 13.8 Å². The summed E-state index contributed by atoms with van der Waals surface area (Å²) in [6.07, 6.45) is 1.43. The number of para-hydroxylation sites is 1. The summed E-state index contributed by atoms with van der Waals surface area (Å²) in [5, 5.41) is 9.68. The Morgan fingerprint density at radius 1 is 1.25 bits per heavy atom. The van der Waals surface area contributed by atoms with E-state index in [1.807, 2.05) is 30.3 Å². The number of hydrogen-bond acceptors (Lipinski definition) is 5. The minimum Gasteiger partial charge on any atom is -0.493 e. The molecule has 3 rings (SSSR count). The highest BCUT2D eigenvalue weighted by Gasteiger charge is 2.33. The van der Waals surface area contributed by atoms with Crippen LogP contribution in [-0.4, -0.2) is 54.6 Å². The number of amides is 1. The highest BCUT2D eigenvalue weighted by molar-refractivity contribution is 7.89. The Hall–Kier alpha value is -2.39. The fraction of sp³-hybridized carbons (Fsp3) is 0.474. The maximum absolute atomic E-state index is 12.9. The Bertz CT molecular complexity index is 884. The van der Waals surface area contributed by atoms with Crippen molar-refractivity contribution in [1.29, 1.82) is 0 Å². The summed E-state index contributed by atoms with van der Waals surface area (Å²) in [4.78, 5) is 12.4. The number of rotatable bonds is 7. The summed E-state index contributed by atoms with van der Waals surface area (Å²) in [6, 6.07) is 9.33. The molecule has 0 saturated carbocycles. The first-order chi connectivity index (χ1) is 13.4. The van der Waals surface area contributed by atoms with Crippen molar-refractivity contribution in [1.82, 2.24) is 19.8 Å². The van der Waals surface area contributed by atoms with Crippen molar-refractivity contribution in [2.75, 3.05) is 19.7 Å². The quantitative estimate of drug-likeness (QED) is 0.729. The zero-order chi connectivity index (χ0) is 20.1. The van der Waals surface area contributed by atoms with Crippen molar-refractivity contribution in [3.05, 3.63) is 41.7 Å². The van der Waals surface area contributed by atoms with E-state index in [9.17, 15) is 13.2 Å². The van der Waals surface area contributed by atoms with Crippen LogP contribution in [0.15, 0.2) is 35.2 Å². The third kappa shape index (κ3) is 4.71. The predicted molar refractivity (Wildman–Crippen MR) is 105 cm³/mol. The van der Waals surface area contributed by atoms with Gasteiger partial charge in [-0.05, 0) is 38.8 Å². The normalized spacial score (nSPS) is 16.1. The fourth-order valence-corrected chi connectivity index (χ4v) is 5.17. The Balaban J connectivity index is 1.45. The molecular formula is C19H26N4O4S. The number of aromatic nitrogens is 2. The van der Waals surface area contributed by atoms with Gasteiger partial charge in [-0.2, -0.15) is 9.40 Å². The molecule has 8 nitrogen and oxygen atoms in total. The minimum atomic E-state index is -3.57. The van der Waals surface area contributed by atoms with Crippen molar-refractivity contribution in [2.24, 2.45) is 0 Å². The summed E-state index contributed by atoms with van der Waals surface area (Å²) in [5.74, 6) is 0.650. The van der Waals surface area contributed by atoms with Gasteiger partial charge in [0.05, 0.1) is 24.4 Å². The number of aromatic amines is 1. The van der Waals surface area contributed by atoms with E-state index in [0.29, 0.717) is 43.9 Å². The van der Waals surface area contributed by atoms with Gasteiger partial charge in [-0.1, -0.05) is 18.2 Å². The van der Waals surface area contributed by atoms with E-state index >= 15 is 0 Å². The first kappa shape index (κ1) is 20.3. The monoisotopic (exact) mass is 406 g/mol. The average Bonchev–Trinajstić information content (AvgIpc) is 3.02. The number of carbonyl (C=O) groups is 1. The molecule has 0 radical (unpaired) electrons. The lowest BCUT2D eigenvalue weighted by atomic mass is 10.1. The lowest BCUT2D eigenvalue weighted by Gasteiger charge is -2.31. The molecule has 2 N–H and O–H groups in total. The number of aryl methyl sites for hydroxylation is 2. The van der Waals surface area contributed by atoms with Crippen LogP contribution in [0, 0.1) is 13.8 Å². The third-order valence-electron chi connectivity index (χ3n) is 4.82. The van der Waals surface area contributed by atoms with Gasteiger partial charge in [0.1, 0.15) is 10.6 Å². The molecular weight excluding hydrogens is 380 g/mol. The Labute approximate surface area is 165 Å². The van der Waals surface area contributed by atoms with Crippen LogP contribution in [0.5, 0.6) is 5.75 Å². The summed E-state index contributed by atoms with van der Waals surface area (Å²) >= 11 is 0. The molecule has 1 amide bonds. The van der Waals surface area contributed by atoms with Crippen molar-refractivity contribution < 1.29 is 17.9 Å². The van der Waals surface area contributed by atoms with Gasteiger partial charge in [-0.15, -0.1) is 0 Å². The van der Waals surface area contributed by atoms with Gasteiger partial charge >= 0.3 is 0 Å². The number of nitrogens with zero attached hydrogens (tertiary/aromatic N) is 2. The smallest absolute Gasteiger partial charge is 0.246 e. The second kappa shape index (κ2) is 8.74. The van der Waals surface area contributed by atoms with Crippen LogP contribution < -0.4 is 10.1 Å². The number of carbonyl (C=O) groups excluding carboxylic acids is 1. The Morgan fingerprint density at radius 3 is 2.54 bits per heavy atom. The molecule has 1 aromatic heterocycles. The molecule has 28 heavy (non-hydrogen) atoms. The van der Waals surface area contributed by atoms with Gasteiger partial charge in [0.2, 0.25) is 15.9 Å². The Kier molecular flexibility index (Phi) is 6.35. The van der Waals surface area contributed by atoms with Gasteiger partial charge < -0.3 is 10.1 Å². The highest BCUT2D eigenvalue weighted by Crippen LogP contribution is 2.24. The van der Waals surface area contributed by atoms with E-state index in [-0.39, 0.29) is 23.3 Å². The topological polar surface area (TPSA) is 104 Å². The van der Waals surface area contributed by atoms with Crippen LogP contribution in [0.1, 0.15) is 30.7 Å². The van der Waals surface area contributed by atoms with Crippen LogP contribution in [0.2, 0.25) is 0 Å². The van der Waals surface area contributed by atoms with Crippen LogP contribution in [0.4, 0.5) is 0 Å². The van der Waals surface area contributed by atoms with Crippen molar-refractivity contribution in [3.8, 4) is 5.75 Å². The van der Waals surface area contributed by atoms with E-state index in [1.165, 1.54) is 4.31 Å². The number of nitrogens with one attached hydrogen (secondary N) is 2. The number of piperidine rings is 1. The zero-order valence-electron chi connectivity index (χ0n) is 16.1. The molecule has 1 saturated heterocycles. The highest BCUT2D eigenvalue weighted by atomic mass is 32.2. The van der Waals surface area contributed by atoms with Gasteiger partial charge in [0.15, 0.2) is 0 Å². The minimum absolute atomic E-state index is 0.0257. The molecule has 0 atom stereocenters. The van der Waals surface area contributed by atoms with Crippen molar-refractivity contribution in [3.63, 3.8) is 0 Å². The number of ether oxygens (including phenoxy) is 1. The van der Waals surface area contributed by atoms with Gasteiger partial charge in [0, 0.05) is 19.1 Å². The van der Waals surface area contributed by atoms with Crippen molar-refractivity contribution in [2.45, 2.75) is 44.0 Å². The third-order valence-corrected chi connectivity index (χ3v) is 6.98. The molecule has 1 aromatic carbocycles. The van der Waals surface area contributed by atoms with Gasteiger partial charge in [-0.3, -0.25) is 9.89 Å². The largest absolute Gasteiger partial charge is 0.493 e. The summed E-state index contributed by atoms with van der Waals surface area (Å²) < 4.78 is 32.7. The first-order valence-electron chi connectivity index (χ1n) is 9.37. The summed E-state index contributed by atoms with van der Waals surface area (Å²) in [6.45, 7) is 4.44. The molecule has 1 aliphatic heterocycles. The molecule has 2 heterocycles. The van der Waals surface area contributed by atoms with Crippen LogP contribution >= 0.6 is 0 Å². The molecule has 0 aliphatic carbocycles. The van der Waals surface area contributed by atoms with Gasteiger partial charge in [-0.25, -0.2) is 8.42 Å². The maximum atomic E-state index is 12.9. The predicted octanol–water partition coefficient (Wildman–Crippen LogP) is 1.76. The van der Waals surface area contributed by atoms with E-state index in [0.717, 1.165) is 5.75 Å². The molecule has 152 valence electrons. The van der Waals surface area contributed by atoms with Crippen LogP contribution in [0.3, 0.4) is 0 Å². The number of sulfonamides is 1. The van der Waals surface area contributed by atoms with Crippen LogP contribution in [0.25, 0.3) is 0 Å². The summed E-state index contributed by atoms with van der Waals surface area (Å²) in [5.41, 5.74) is 1.03. The van der Waals surface area contributed by atoms with E-state index < -0.39 is 10.0 Å². The molecule has 0 spiro atoms. The molecule has 1 aliphatic rings. The molecule has 2 aromatic rings. The molecule has 1 fully saturated rings. The zero-order valence-corrected chi connectivity index (χ0v) is 17.0. The Morgan fingerprint density at radius 2 is 1.93 bits per heavy atom. The number of H-pyrrole nitrogens is 1. The maximum Gasteiger partial charge on any atom is 0.246 e. The fourth-order valence-electron chi connectivity index (χ4n) is 3.37. The lowest BCUT2D eigenvalue weighted by molar-refractivity contribution is -0.122. The van der Waals surface area contributed by atoms with Crippen LogP contribution in [-0.2, 0) is 14.8 Å². The second-order valence-corrected chi connectivity index (χ2v) is 8.80. The summed E-state index contributed by atoms with van der Waals surface area (Å²) in [7, 11) is -3.57. The van der Waals surface area contributed by atoms with Gasteiger partial charge in [0.25, 0.3) is 0 Å². The van der Waals surface area contributed by atoms with E-state index in [2.05, 4.69) is 15.5 Å². The second-order valence-electron chi connectivity index (χ2n) is 6.92. The SMILES string of the molecule is Cc1n[nH]c(C)c1S(=O)(=O)N1CCC(NC(=O)CCOc2ccccc2)CC1. The molecule has 9 heteroatoms.